The van der Waals surface area contributed by atoms with E-state index in [9.17, 15) is 18.0 Å². The number of carbonyl (C=O) groups is 2. The van der Waals surface area contributed by atoms with Crippen molar-refractivity contribution in [2.45, 2.75) is 11.4 Å². The van der Waals surface area contributed by atoms with Gasteiger partial charge >= 0.3 is 0 Å². The van der Waals surface area contributed by atoms with Crippen LogP contribution in [0.1, 0.15) is 26.3 Å². The highest BCUT2D eigenvalue weighted by molar-refractivity contribution is 7.89. The number of hydrogen-bond acceptors (Lipinski definition) is 4. The maximum absolute atomic E-state index is 12.3. The lowest BCUT2D eigenvalue weighted by atomic mass is 10.1. The second kappa shape index (κ2) is 9.53. The summed E-state index contributed by atoms with van der Waals surface area (Å²) in [5.74, 6) is -0.926. The Balaban J connectivity index is 1.54. The van der Waals surface area contributed by atoms with Crippen LogP contribution in [0.2, 0.25) is 5.02 Å². The quantitative estimate of drug-likeness (QED) is 0.509. The minimum Gasteiger partial charge on any atom is -0.267 e. The molecule has 3 aromatic carbocycles. The van der Waals surface area contributed by atoms with Gasteiger partial charge in [0, 0.05) is 22.7 Å². The molecular formula is C21H18ClN3O4S. The molecule has 0 aliphatic heterocycles. The molecule has 0 radical (unpaired) electrons. The van der Waals surface area contributed by atoms with Gasteiger partial charge in [0.2, 0.25) is 10.0 Å². The molecule has 30 heavy (non-hydrogen) atoms. The first-order chi connectivity index (χ1) is 14.3. The van der Waals surface area contributed by atoms with E-state index < -0.39 is 21.8 Å². The van der Waals surface area contributed by atoms with E-state index in [0.717, 1.165) is 0 Å². The largest absolute Gasteiger partial charge is 0.269 e. The summed E-state index contributed by atoms with van der Waals surface area (Å²) >= 11 is 5.77. The van der Waals surface area contributed by atoms with Crippen molar-refractivity contribution in [1.29, 1.82) is 0 Å². The van der Waals surface area contributed by atoms with Crippen LogP contribution in [0.4, 0.5) is 0 Å². The van der Waals surface area contributed by atoms with Crippen LogP contribution in [0.25, 0.3) is 0 Å². The number of sulfonamides is 1. The van der Waals surface area contributed by atoms with E-state index in [4.69, 9.17) is 11.6 Å². The van der Waals surface area contributed by atoms with E-state index in [0.29, 0.717) is 21.7 Å². The molecule has 0 aromatic heterocycles. The summed E-state index contributed by atoms with van der Waals surface area (Å²) < 4.78 is 27.1. The second-order valence-corrected chi connectivity index (χ2v) is 8.45. The summed E-state index contributed by atoms with van der Waals surface area (Å²) in [5.41, 5.74) is 6.07. The fraction of sp³-hybridized carbons (Fsp3) is 0.0476. The van der Waals surface area contributed by atoms with Crippen LogP contribution in [-0.2, 0) is 16.6 Å². The van der Waals surface area contributed by atoms with Crippen molar-refractivity contribution in [3.05, 3.63) is 101 Å². The van der Waals surface area contributed by atoms with Crippen molar-refractivity contribution in [2.75, 3.05) is 0 Å². The third-order valence-electron chi connectivity index (χ3n) is 4.13. The Hall–Kier alpha value is -3.20. The summed E-state index contributed by atoms with van der Waals surface area (Å²) in [4.78, 5) is 24.2. The number of amides is 2. The number of nitrogens with one attached hydrogen (secondary N) is 3. The van der Waals surface area contributed by atoms with Crippen molar-refractivity contribution in [1.82, 2.24) is 15.6 Å². The Morgan fingerprint density at radius 3 is 1.83 bits per heavy atom. The van der Waals surface area contributed by atoms with Crippen LogP contribution in [0.5, 0.6) is 0 Å². The third kappa shape index (κ3) is 5.66. The van der Waals surface area contributed by atoms with Crippen LogP contribution >= 0.6 is 11.6 Å². The van der Waals surface area contributed by atoms with Crippen molar-refractivity contribution >= 4 is 33.4 Å². The molecule has 3 aromatic rings. The van der Waals surface area contributed by atoms with Crippen LogP contribution in [0.15, 0.2) is 83.8 Å². The number of hydrogen-bond donors (Lipinski definition) is 3. The molecule has 154 valence electrons. The summed E-state index contributed by atoms with van der Waals surface area (Å²) in [5, 5.41) is 0.447. The van der Waals surface area contributed by atoms with Gasteiger partial charge in [-0.25, -0.2) is 13.1 Å². The number of carbonyl (C=O) groups excluding carboxylic acids is 2. The number of benzene rings is 3. The van der Waals surface area contributed by atoms with Crippen LogP contribution < -0.4 is 15.6 Å². The van der Waals surface area contributed by atoms with E-state index in [-0.39, 0.29) is 11.4 Å². The zero-order valence-electron chi connectivity index (χ0n) is 15.6. The molecule has 0 saturated heterocycles. The highest BCUT2D eigenvalue weighted by Crippen LogP contribution is 2.14. The molecule has 3 N–H and O–H groups in total. The van der Waals surface area contributed by atoms with Gasteiger partial charge in [0.25, 0.3) is 11.8 Å². The lowest BCUT2D eigenvalue weighted by Crippen LogP contribution is -2.41. The summed E-state index contributed by atoms with van der Waals surface area (Å²) in [7, 11) is -3.68. The molecule has 0 bridgehead atoms. The van der Waals surface area contributed by atoms with Crippen molar-refractivity contribution in [2.24, 2.45) is 0 Å². The molecule has 2 amide bonds. The minimum absolute atomic E-state index is 0.0532. The fourth-order valence-electron chi connectivity index (χ4n) is 2.50. The van der Waals surface area contributed by atoms with Crippen LogP contribution in [-0.4, -0.2) is 20.2 Å². The van der Waals surface area contributed by atoms with Gasteiger partial charge in [-0.1, -0.05) is 41.9 Å². The molecule has 3 rings (SSSR count). The number of halogens is 1. The molecule has 9 heteroatoms. The molecule has 0 spiro atoms. The van der Waals surface area contributed by atoms with E-state index in [1.165, 1.54) is 36.4 Å². The van der Waals surface area contributed by atoms with Gasteiger partial charge in [-0.15, -0.1) is 0 Å². The first kappa shape index (κ1) is 21.5. The zero-order valence-corrected chi connectivity index (χ0v) is 17.2. The smallest absolute Gasteiger partial charge is 0.267 e. The third-order valence-corrected chi connectivity index (χ3v) is 5.80. The second-order valence-electron chi connectivity index (χ2n) is 6.25. The van der Waals surface area contributed by atoms with Gasteiger partial charge in [0.05, 0.1) is 4.90 Å². The topological polar surface area (TPSA) is 104 Å². The number of hydrazine groups is 1. The van der Waals surface area contributed by atoms with Gasteiger partial charge in [-0.05, 0) is 54.1 Å². The first-order valence-corrected chi connectivity index (χ1v) is 10.7. The fourth-order valence-corrected chi connectivity index (χ4v) is 3.64. The van der Waals surface area contributed by atoms with Gasteiger partial charge in [0.15, 0.2) is 0 Å². The predicted octanol–water partition coefficient (Wildman–Crippen LogP) is 2.89. The van der Waals surface area contributed by atoms with Gasteiger partial charge in [0.1, 0.15) is 0 Å². The monoisotopic (exact) mass is 443 g/mol. The molecule has 0 aliphatic rings. The highest BCUT2D eigenvalue weighted by Gasteiger charge is 2.14. The predicted molar refractivity (Wildman–Crippen MR) is 113 cm³/mol. The van der Waals surface area contributed by atoms with Gasteiger partial charge in [-0.2, -0.15) is 0 Å². The maximum atomic E-state index is 12.3. The maximum Gasteiger partial charge on any atom is 0.269 e. The molecule has 0 atom stereocenters. The molecule has 7 nitrogen and oxygen atoms in total. The summed E-state index contributed by atoms with van der Waals surface area (Å²) in [6.07, 6.45) is 0. The SMILES string of the molecule is O=C(NNC(=O)c1ccc(CNS(=O)(=O)c2ccc(Cl)cc2)cc1)c1ccccc1. The Morgan fingerprint density at radius 2 is 1.27 bits per heavy atom. The Labute approximate surface area is 179 Å². The molecule has 0 unspecified atom stereocenters. The van der Waals surface area contributed by atoms with Crippen molar-refractivity contribution in [3.8, 4) is 0 Å². The van der Waals surface area contributed by atoms with Crippen molar-refractivity contribution in [3.63, 3.8) is 0 Å². The average Bonchev–Trinajstić information content (AvgIpc) is 2.77. The molecular weight excluding hydrogens is 426 g/mol. The Kier molecular flexibility index (Phi) is 6.83. The van der Waals surface area contributed by atoms with E-state index in [1.54, 1.807) is 42.5 Å². The van der Waals surface area contributed by atoms with Crippen LogP contribution in [0.3, 0.4) is 0 Å². The van der Waals surface area contributed by atoms with Gasteiger partial charge in [-0.3, -0.25) is 20.4 Å². The molecule has 0 saturated carbocycles. The van der Waals surface area contributed by atoms with E-state index in [2.05, 4.69) is 15.6 Å². The average molecular weight is 444 g/mol. The van der Waals surface area contributed by atoms with Crippen molar-refractivity contribution < 1.29 is 18.0 Å². The number of rotatable bonds is 6. The highest BCUT2D eigenvalue weighted by atomic mass is 35.5. The van der Waals surface area contributed by atoms with E-state index >= 15 is 0 Å². The van der Waals surface area contributed by atoms with Crippen LogP contribution in [0, 0.1) is 0 Å². The van der Waals surface area contributed by atoms with Gasteiger partial charge < -0.3 is 0 Å². The minimum atomic E-state index is -3.68. The molecule has 0 aliphatic carbocycles. The molecule has 0 heterocycles. The Morgan fingerprint density at radius 1 is 0.733 bits per heavy atom. The molecule has 0 fully saturated rings. The first-order valence-electron chi connectivity index (χ1n) is 8.85. The summed E-state index contributed by atoms with van der Waals surface area (Å²) in [6.45, 7) is 0.0532. The standard InChI is InChI=1S/C21H18ClN3O4S/c22-18-10-12-19(13-11-18)30(28,29)23-14-15-6-8-17(9-7-15)21(27)25-24-20(26)16-4-2-1-3-5-16/h1-13,23H,14H2,(H,24,26)(H,25,27). The lowest BCUT2D eigenvalue weighted by molar-refractivity contribution is 0.0846. The van der Waals surface area contributed by atoms with E-state index in [1.807, 2.05) is 0 Å². The zero-order chi connectivity index (χ0) is 21.6. The lowest BCUT2D eigenvalue weighted by Gasteiger charge is -2.09. The normalized spacial score (nSPS) is 11.0. The Bertz CT molecular complexity index is 1130. The summed E-state index contributed by atoms with van der Waals surface area (Å²) in [6, 6.07) is 20.6.